The summed E-state index contributed by atoms with van der Waals surface area (Å²) in [5.41, 5.74) is -0.922. The van der Waals surface area contributed by atoms with E-state index in [1.807, 2.05) is 43.3 Å². The van der Waals surface area contributed by atoms with E-state index >= 15 is 0 Å². The molecule has 8 atom stereocenters. The molecule has 4 bridgehead atoms. The Morgan fingerprint density at radius 1 is 1.19 bits per heavy atom. The van der Waals surface area contributed by atoms with Gasteiger partial charge in [0, 0.05) is 50.6 Å². The molecule has 2 aromatic carbocycles. The quantitative estimate of drug-likeness (QED) is 0.119. The molecule has 3 aliphatic rings. The number of benzene rings is 2. The van der Waals surface area contributed by atoms with Crippen molar-refractivity contribution in [1.82, 2.24) is 10.2 Å². The fourth-order valence-electron chi connectivity index (χ4n) is 7.11. The van der Waals surface area contributed by atoms with Gasteiger partial charge in [-0.15, -0.1) is 0 Å². The van der Waals surface area contributed by atoms with Crippen molar-refractivity contribution in [2.24, 2.45) is 5.92 Å². The molecule has 2 N–H and O–H groups in total. The molecule has 2 saturated heterocycles. The number of aliphatic hydroxyl groups is 1. The van der Waals surface area contributed by atoms with E-state index in [9.17, 15) is 24.3 Å². The first-order valence-electron chi connectivity index (χ1n) is 18.7. The van der Waals surface area contributed by atoms with E-state index in [4.69, 9.17) is 35.3 Å². The number of halogens is 1. The van der Waals surface area contributed by atoms with Crippen molar-refractivity contribution in [3.05, 3.63) is 76.9 Å². The molecule has 0 saturated carbocycles. The molecule has 2 aromatic rings. The van der Waals surface area contributed by atoms with Gasteiger partial charge in [-0.1, -0.05) is 82.1 Å². The summed E-state index contributed by atoms with van der Waals surface area (Å²) in [5, 5.41) is 14.5. The van der Waals surface area contributed by atoms with Gasteiger partial charge in [-0.25, -0.2) is 9.59 Å². The zero-order chi connectivity index (χ0) is 41.7. The smallest absolute Gasteiger partial charge is 0.409 e. The first-order valence-corrected chi connectivity index (χ1v) is 21.4. The number of carbonyl (C=O) groups excluding carboxylic acids is 4. The van der Waals surface area contributed by atoms with Crippen LogP contribution in [0.3, 0.4) is 0 Å². The standard InChI is InChI=1S/C41H52ClN3O10S2/c1-24-13-12-16-32(52-8)41(50)23-31(53-39(49)43-41)25(2)37-40(4,55-37)33(22-35(47)45(6)29-20-27(19-24)21-30(51-7)36(29)42)54-38(48)26(3)44(5)34(46)17-18-56-57-28-14-10-9-11-15-28/h9-16,20-21,25-26,31-33,37,50H,17-19,22-23H2,1-8H3,(H,43,49)/b16-12+,24-13+/t25?,26-,31?,32?,33?,37?,40?,41?/m0/s1. The lowest BCUT2D eigenvalue weighted by molar-refractivity contribution is -0.162. The van der Waals surface area contributed by atoms with Gasteiger partial charge in [0.15, 0.2) is 5.72 Å². The Kier molecular flexibility index (Phi) is 14.7. The van der Waals surface area contributed by atoms with Gasteiger partial charge in [0.2, 0.25) is 11.8 Å². The zero-order valence-electron chi connectivity index (χ0n) is 33.5. The number of nitrogens with zero attached hydrogens (tertiary/aromatic N) is 2. The van der Waals surface area contributed by atoms with E-state index in [1.165, 1.54) is 24.0 Å². The van der Waals surface area contributed by atoms with E-state index in [0.717, 1.165) is 16.0 Å². The topological polar surface area (TPSA) is 156 Å². The first kappa shape index (κ1) is 44.4. The molecule has 310 valence electrons. The molecule has 13 nitrogen and oxygen atoms in total. The molecule has 16 heteroatoms. The van der Waals surface area contributed by atoms with Crippen LogP contribution in [0.5, 0.6) is 5.75 Å². The highest BCUT2D eigenvalue weighted by Crippen LogP contribution is 2.49. The number of methoxy groups -OCH3 is 2. The molecule has 2 fully saturated rings. The highest BCUT2D eigenvalue weighted by atomic mass is 35.5. The second-order valence-electron chi connectivity index (χ2n) is 14.9. The number of allylic oxidation sites excluding steroid dienone is 3. The first-order chi connectivity index (χ1) is 27.0. The number of anilines is 1. The van der Waals surface area contributed by atoms with Crippen molar-refractivity contribution in [2.75, 3.05) is 39.0 Å². The summed E-state index contributed by atoms with van der Waals surface area (Å²) in [6, 6.07) is 12.4. The van der Waals surface area contributed by atoms with Crippen molar-refractivity contribution in [3.63, 3.8) is 0 Å². The van der Waals surface area contributed by atoms with Gasteiger partial charge in [-0.2, -0.15) is 0 Å². The fraction of sp³-hybridized carbons (Fsp3) is 0.512. The lowest BCUT2D eigenvalue weighted by atomic mass is 9.83. The van der Waals surface area contributed by atoms with Crippen LogP contribution in [0, 0.1) is 5.92 Å². The van der Waals surface area contributed by atoms with Gasteiger partial charge < -0.3 is 38.6 Å². The number of esters is 1. The van der Waals surface area contributed by atoms with Gasteiger partial charge in [0.25, 0.3) is 0 Å². The molecule has 57 heavy (non-hydrogen) atoms. The van der Waals surface area contributed by atoms with Crippen LogP contribution in [0.25, 0.3) is 0 Å². The van der Waals surface area contributed by atoms with Crippen LogP contribution >= 0.6 is 33.2 Å². The van der Waals surface area contributed by atoms with Gasteiger partial charge in [-0.05, 0) is 57.0 Å². The Morgan fingerprint density at radius 3 is 2.60 bits per heavy atom. The number of fused-ring (bicyclic) bond motifs is 5. The van der Waals surface area contributed by atoms with Crippen LogP contribution in [-0.2, 0) is 39.8 Å². The molecule has 3 amide bonds. The van der Waals surface area contributed by atoms with Crippen LogP contribution in [0.4, 0.5) is 10.5 Å². The molecule has 0 aliphatic carbocycles. The average Bonchev–Trinajstić information content (AvgIpc) is 3.88. The van der Waals surface area contributed by atoms with Crippen molar-refractivity contribution in [1.29, 1.82) is 0 Å². The number of nitrogens with one attached hydrogen (secondary N) is 1. The number of rotatable bonds is 10. The maximum Gasteiger partial charge on any atom is 0.409 e. The maximum atomic E-state index is 14.2. The number of amides is 3. The van der Waals surface area contributed by atoms with Crippen molar-refractivity contribution in [3.8, 4) is 5.75 Å². The van der Waals surface area contributed by atoms with Crippen molar-refractivity contribution >= 4 is 62.8 Å². The Balaban J connectivity index is 1.43. The minimum atomic E-state index is -1.83. The van der Waals surface area contributed by atoms with Crippen LogP contribution in [0.2, 0.25) is 5.02 Å². The van der Waals surface area contributed by atoms with E-state index < -0.39 is 65.7 Å². The summed E-state index contributed by atoms with van der Waals surface area (Å²) in [7, 11) is 9.17. The van der Waals surface area contributed by atoms with Crippen LogP contribution < -0.4 is 15.0 Å². The predicted molar refractivity (Wildman–Crippen MR) is 220 cm³/mol. The minimum absolute atomic E-state index is 0.0519. The Hall–Kier alpha value is -3.73. The lowest BCUT2D eigenvalue weighted by Crippen LogP contribution is -2.63. The lowest BCUT2D eigenvalue weighted by Gasteiger charge is -2.42. The molecular weight excluding hydrogens is 794 g/mol. The number of alkyl carbamates (subject to hydrolysis) is 1. The molecule has 3 aliphatic heterocycles. The predicted octanol–water partition coefficient (Wildman–Crippen LogP) is 6.35. The highest BCUT2D eigenvalue weighted by Gasteiger charge is 2.64. The molecular formula is C41H52ClN3O10S2. The fourth-order valence-corrected chi connectivity index (χ4v) is 9.41. The van der Waals surface area contributed by atoms with E-state index in [2.05, 4.69) is 5.32 Å². The summed E-state index contributed by atoms with van der Waals surface area (Å²) >= 11 is 6.78. The number of carbonyl (C=O) groups is 4. The number of likely N-dealkylation sites (N-methyl/N-ethyl adjacent to an activating group) is 1. The normalized spacial score (nSPS) is 29.8. The van der Waals surface area contributed by atoms with E-state index in [0.29, 0.717) is 23.6 Å². The third-order valence-electron chi connectivity index (χ3n) is 10.8. The molecule has 5 rings (SSSR count). The van der Waals surface area contributed by atoms with Gasteiger partial charge in [0.05, 0.1) is 25.3 Å². The van der Waals surface area contributed by atoms with Crippen LogP contribution in [-0.4, -0.2) is 110 Å². The highest BCUT2D eigenvalue weighted by molar-refractivity contribution is 8.76. The van der Waals surface area contributed by atoms with Crippen LogP contribution in [0.1, 0.15) is 52.5 Å². The third-order valence-corrected chi connectivity index (χ3v) is 13.6. The molecule has 0 aromatic heterocycles. The summed E-state index contributed by atoms with van der Waals surface area (Å²) in [4.78, 5) is 58.0. The summed E-state index contributed by atoms with van der Waals surface area (Å²) in [6.45, 7) is 7.03. The summed E-state index contributed by atoms with van der Waals surface area (Å²) in [5.74, 6) is -1.02. The van der Waals surface area contributed by atoms with E-state index in [-0.39, 0.29) is 30.2 Å². The maximum absolute atomic E-state index is 14.2. The van der Waals surface area contributed by atoms with Crippen LogP contribution in [0.15, 0.2) is 71.2 Å². The average molecular weight is 846 g/mol. The summed E-state index contributed by atoms with van der Waals surface area (Å²) in [6.07, 6.45) is 1.13. The van der Waals surface area contributed by atoms with E-state index in [1.54, 1.807) is 80.7 Å². The van der Waals surface area contributed by atoms with Gasteiger partial charge in [-0.3, -0.25) is 14.9 Å². The summed E-state index contributed by atoms with van der Waals surface area (Å²) < 4.78 is 29.3. The van der Waals surface area contributed by atoms with Gasteiger partial charge >= 0.3 is 12.1 Å². The minimum Gasteiger partial charge on any atom is -0.495 e. The second-order valence-corrected chi connectivity index (χ2v) is 17.7. The molecule has 7 unspecified atom stereocenters. The number of hydrogen-bond acceptors (Lipinski definition) is 12. The number of hydrogen-bond donors (Lipinski definition) is 2. The number of ether oxygens (including phenoxy) is 5. The molecule has 0 radical (unpaired) electrons. The molecule has 0 spiro atoms. The van der Waals surface area contributed by atoms with Gasteiger partial charge in [0.1, 0.15) is 40.7 Å². The Morgan fingerprint density at radius 2 is 1.91 bits per heavy atom. The SMILES string of the molecule is COc1cc2cc(c1Cl)N(C)C(=O)CC(OC(=O)[C@H](C)N(C)C(=O)CCSSc1ccccc1)C1(C)OC1C(C)C1CC(O)(NC(=O)O1)C(OC)/C=C/C=C(\C)C2. The van der Waals surface area contributed by atoms with Crippen molar-refractivity contribution in [2.45, 2.75) is 100 Å². The van der Waals surface area contributed by atoms with Crippen molar-refractivity contribution < 1.29 is 48.0 Å². The Bertz CT molecular complexity index is 1870. The third kappa shape index (κ3) is 10.5. The second kappa shape index (κ2) is 18.9. The Labute approximate surface area is 347 Å². The molecule has 3 heterocycles. The largest absolute Gasteiger partial charge is 0.495 e. The monoisotopic (exact) mass is 845 g/mol. The number of epoxide rings is 1. The zero-order valence-corrected chi connectivity index (χ0v) is 35.9.